The van der Waals surface area contributed by atoms with Crippen molar-refractivity contribution in [2.45, 2.75) is 64.0 Å². The molecular formula is C21H35ClN2S2. The maximum absolute atomic E-state index is 5.63. The van der Waals surface area contributed by atoms with Crippen LogP contribution in [0.3, 0.4) is 0 Å². The molecule has 1 aromatic carbocycles. The predicted octanol–water partition coefficient (Wildman–Crippen LogP) is 5.95. The average molecular weight is 415 g/mol. The molecule has 1 aliphatic carbocycles. The number of thioether (sulfide) groups is 1. The Labute approximate surface area is 176 Å². The summed E-state index contributed by atoms with van der Waals surface area (Å²) in [6.45, 7) is 3.26. The van der Waals surface area contributed by atoms with E-state index in [1.54, 1.807) is 0 Å². The van der Waals surface area contributed by atoms with Gasteiger partial charge in [-0.1, -0.05) is 61.6 Å². The van der Waals surface area contributed by atoms with E-state index in [9.17, 15) is 0 Å². The fourth-order valence-electron chi connectivity index (χ4n) is 3.61. The standard InChI is InChI=1S/C21H34N2S2.ClH/c1-5-6-15-25-21(24)23(4)20-13-11-19(12-14-20)18-9-7-17(8-10-18)16-22(2)3;/h7-10,19-20H,5-6,11-16H2,1-4H3;1H. The highest BCUT2D eigenvalue weighted by molar-refractivity contribution is 8.22. The van der Waals surface area contributed by atoms with E-state index in [4.69, 9.17) is 12.2 Å². The molecule has 0 radical (unpaired) electrons. The molecule has 0 bridgehead atoms. The highest BCUT2D eigenvalue weighted by Gasteiger charge is 2.26. The summed E-state index contributed by atoms with van der Waals surface area (Å²) in [6, 6.07) is 9.92. The van der Waals surface area contributed by atoms with Gasteiger partial charge in [-0.15, -0.1) is 12.4 Å². The van der Waals surface area contributed by atoms with Crippen LogP contribution in [0.15, 0.2) is 24.3 Å². The molecule has 2 rings (SSSR count). The molecule has 5 heteroatoms. The van der Waals surface area contributed by atoms with Crippen LogP contribution in [0.2, 0.25) is 0 Å². The van der Waals surface area contributed by atoms with Crippen LogP contribution in [0, 0.1) is 0 Å². The number of unbranched alkanes of at least 4 members (excludes halogenated alkanes) is 1. The minimum atomic E-state index is 0. The molecule has 0 aromatic heterocycles. The number of hydrogen-bond acceptors (Lipinski definition) is 3. The summed E-state index contributed by atoms with van der Waals surface area (Å²) >= 11 is 7.49. The van der Waals surface area contributed by atoms with Crippen molar-refractivity contribution in [1.29, 1.82) is 0 Å². The lowest BCUT2D eigenvalue weighted by Crippen LogP contribution is -2.37. The van der Waals surface area contributed by atoms with E-state index in [-0.39, 0.29) is 12.4 Å². The van der Waals surface area contributed by atoms with Gasteiger partial charge in [-0.05, 0) is 63.2 Å². The smallest absolute Gasteiger partial charge is 0.136 e. The van der Waals surface area contributed by atoms with Crippen LogP contribution in [0.1, 0.15) is 62.5 Å². The summed E-state index contributed by atoms with van der Waals surface area (Å²) in [7, 11) is 6.44. The molecule has 2 nitrogen and oxygen atoms in total. The number of hydrogen-bond donors (Lipinski definition) is 0. The Hall–Kier alpha value is -0.290. The molecule has 0 spiro atoms. The van der Waals surface area contributed by atoms with Crippen LogP contribution in [0.5, 0.6) is 0 Å². The first kappa shape index (κ1) is 23.7. The van der Waals surface area contributed by atoms with Crippen molar-refractivity contribution in [3.8, 4) is 0 Å². The number of benzene rings is 1. The van der Waals surface area contributed by atoms with Crippen molar-refractivity contribution in [2.75, 3.05) is 26.9 Å². The molecule has 0 saturated heterocycles. The van der Waals surface area contributed by atoms with Gasteiger partial charge in [0.25, 0.3) is 0 Å². The SMILES string of the molecule is CCCCSC(=S)N(C)C1CCC(c2ccc(CN(C)C)cc2)CC1.Cl. The van der Waals surface area contributed by atoms with Crippen LogP contribution in [0.4, 0.5) is 0 Å². The van der Waals surface area contributed by atoms with E-state index in [1.807, 2.05) is 11.8 Å². The van der Waals surface area contributed by atoms with Crippen molar-refractivity contribution in [1.82, 2.24) is 9.80 Å². The monoisotopic (exact) mass is 414 g/mol. The Bertz CT molecular complexity index is 525. The maximum atomic E-state index is 5.63. The first-order chi connectivity index (χ1) is 12.0. The molecule has 0 unspecified atom stereocenters. The summed E-state index contributed by atoms with van der Waals surface area (Å²) in [6.07, 6.45) is 7.59. The number of rotatable bonds is 7. The molecule has 1 aliphatic rings. The zero-order chi connectivity index (χ0) is 18.2. The second-order valence-electron chi connectivity index (χ2n) is 7.56. The first-order valence-corrected chi connectivity index (χ1v) is 11.0. The Kier molecular flexibility index (Phi) is 11.2. The van der Waals surface area contributed by atoms with Crippen molar-refractivity contribution < 1.29 is 0 Å². The Morgan fingerprint density at radius 3 is 2.23 bits per heavy atom. The zero-order valence-electron chi connectivity index (χ0n) is 16.7. The molecule has 26 heavy (non-hydrogen) atoms. The lowest BCUT2D eigenvalue weighted by atomic mass is 9.81. The van der Waals surface area contributed by atoms with Gasteiger partial charge < -0.3 is 9.80 Å². The molecule has 1 fully saturated rings. The molecular weight excluding hydrogens is 380 g/mol. The molecule has 0 aliphatic heterocycles. The molecule has 0 N–H and O–H groups in total. The molecule has 1 saturated carbocycles. The van der Waals surface area contributed by atoms with Crippen LogP contribution in [0.25, 0.3) is 0 Å². The van der Waals surface area contributed by atoms with Crippen molar-refractivity contribution >= 4 is 40.7 Å². The highest BCUT2D eigenvalue weighted by Crippen LogP contribution is 2.35. The van der Waals surface area contributed by atoms with Gasteiger partial charge in [-0.2, -0.15) is 0 Å². The summed E-state index contributed by atoms with van der Waals surface area (Å²) in [4.78, 5) is 4.59. The highest BCUT2D eigenvalue weighted by atomic mass is 35.5. The largest absolute Gasteiger partial charge is 0.358 e. The topological polar surface area (TPSA) is 6.48 Å². The first-order valence-electron chi connectivity index (χ1n) is 9.64. The van der Waals surface area contributed by atoms with Gasteiger partial charge in [0, 0.05) is 25.4 Å². The molecule has 148 valence electrons. The third-order valence-electron chi connectivity index (χ3n) is 5.21. The summed E-state index contributed by atoms with van der Waals surface area (Å²) in [5.74, 6) is 1.88. The summed E-state index contributed by atoms with van der Waals surface area (Å²) in [5.41, 5.74) is 2.92. The molecule has 0 atom stereocenters. The van der Waals surface area contributed by atoms with Gasteiger partial charge in [0.2, 0.25) is 0 Å². The van der Waals surface area contributed by atoms with E-state index in [0.29, 0.717) is 6.04 Å². The van der Waals surface area contributed by atoms with Gasteiger partial charge >= 0.3 is 0 Å². The van der Waals surface area contributed by atoms with E-state index < -0.39 is 0 Å². The number of nitrogens with zero attached hydrogens (tertiary/aromatic N) is 2. The third kappa shape index (κ3) is 7.38. The van der Waals surface area contributed by atoms with E-state index >= 15 is 0 Å². The van der Waals surface area contributed by atoms with E-state index in [2.05, 4.69) is 62.1 Å². The Morgan fingerprint density at radius 1 is 1.08 bits per heavy atom. The maximum Gasteiger partial charge on any atom is 0.136 e. The van der Waals surface area contributed by atoms with Gasteiger partial charge in [0.15, 0.2) is 0 Å². The number of thiocarbonyl (C=S) groups is 1. The predicted molar refractivity (Wildman–Crippen MR) is 124 cm³/mol. The normalized spacial score (nSPS) is 19.9. The quantitative estimate of drug-likeness (QED) is 0.401. The van der Waals surface area contributed by atoms with Crippen LogP contribution >= 0.6 is 36.4 Å². The minimum Gasteiger partial charge on any atom is -0.358 e. The fourth-order valence-corrected chi connectivity index (χ4v) is 4.97. The average Bonchev–Trinajstić information content (AvgIpc) is 2.61. The fraction of sp³-hybridized carbons (Fsp3) is 0.667. The van der Waals surface area contributed by atoms with Crippen molar-refractivity contribution in [2.24, 2.45) is 0 Å². The van der Waals surface area contributed by atoms with Crippen LogP contribution < -0.4 is 0 Å². The van der Waals surface area contributed by atoms with Crippen molar-refractivity contribution in [3.05, 3.63) is 35.4 Å². The van der Waals surface area contributed by atoms with Crippen molar-refractivity contribution in [3.63, 3.8) is 0 Å². The minimum absolute atomic E-state index is 0. The van der Waals surface area contributed by atoms with E-state index in [1.165, 1.54) is 49.7 Å². The molecule has 1 aromatic rings. The molecule has 0 amide bonds. The Balaban J connectivity index is 0.00000338. The number of halogens is 1. The summed E-state index contributed by atoms with van der Waals surface area (Å²) < 4.78 is 1.09. The second kappa shape index (κ2) is 12.2. The van der Waals surface area contributed by atoms with Gasteiger partial charge in [0.1, 0.15) is 4.32 Å². The second-order valence-corrected chi connectivity index (χ2v) is 9.29. The lowest BCUT2D eigenvalue weighted by molar-refractivity contribution is 0.267. The van der Waals surface area contributed by atoms with Gasteiger partial charge in [-0.3, -0.25) is 0 Å². The molecule has 0 heterocycles. The Morgan fingerprint density at radius 2 is 1.69 bits per heavy atom. The van der Waals surface area contributed by atoms with Gasteiger partial charge in [0.05, 0.1) is 0 Å². The zero-order valence-corrected chi connectivity index (χ0v) is 19.2. The lowest BCUT2D eigenvalue weighted by Gasteiger charge is -2.36. The summed E-state index contributed by atoms with van der Waals surface area (Å²) in [5, 5.41) is 0. The van der Waals surface area contributed by atoms with E-state index in [0.717, 1.165) is 22.5 Å². The van der Waals surface area contributed by atoms with Crippen LogP contribution in [-0.2, 0) is 6.54 Å². The van der Waals surface area contributed by atoms with Crippen LogP contribution in [-0.4, -0.2) is 47.1 Å². The third-order valence-corrected chi connectivity index (χ3v) is 6.88. The van der Waals surface area contributed by atoms with Gasteiger partial charge in [-0.25, -0.2) is 0 Å².